The van der Waals surface area contributed by atoms with Crippen molar-refractivity contribution in [3.05, 3.63) is 70.4 Å². The summed E-state index contributed by atoms with van der Waals surface area (Å²) in [6.45, 7) is 0.658. The minimum atomic E-state index is -0.0843. The molecule has 1 N–H and O–H groups in total. The molecule has 0 atom stereocenters. The summed E-state index contributed by atoms with van der Waals surface area (Å²) in [5.41, 5.74) is 4.03. The van der Waals surface area contributed by atoms with Gasteiger partial charge in [0.2, 0.25) is 5.78 Å². The lowest BCUT2D eigenvalue weighted by atomic mass is 9.83. The fraction of sp³-hybridized carbons (Fsp3) is 0.158. The number of fused-ring (bicyclic) bond motifs is 3. The number of hydrogen-bond donors (Lipinski definition) is 1. The van der Waals surface area contributed by atoms with Crippen LogP contribution in [0, 0.1) is 0 Å². The van der Waals surface area contributed by atoms with Gasteiger partial charge in [-0.2, -0.15) is 0 Å². The summed E-state index contributed by atoms with van der Waals surface area (Å²) in [4.78, 5) is 27.0. The maximum absolute atomic E-state index is 13.1. The highest BCUT2D eigenvalue weighted by Crippen LogP contribution is 2.38. The number of carbonyl (C=O) groups excluding carboxylic acids is 2. The molecule has 1 heterocycles. The minimum Gasteiger partial charge on any atom is -0.381 e. The number of nitrogens with one attached hydrogen (secondary N) is 1. The number of benzene rings is 2. The Morgan fingerprint density at radius 3 is 2.43 bits per heavy atom. The second kappa shape index (κ2) is 5.39. The molecule has 1 aliphatic heterocycles. The molecule has 4 rings (SSSR count). The molecule has 0 aromatic heterocycles. The largest absolute Gasteiger partial charge is 0.381 e. The van der Waals surface area contributed by atoms with Crippen LogP contribution in [0.15, 0.2) is 53.1 Å². The molecule has 4 heteroatoms. The average molecular weight is 321 g/mol. The Hall–Kier alpha value is -2.33. The average Bonchev–Trinajstić information content (AvgIpc) is 2.79. The molecular formula is C19H15NO2S. The van der Waals surface area contributed by atoms with Crippen molar-refractivity contribution >= 4 is 28.9 Å². The summed E-state index contributed by atoms with van der Waals surface area (Å²) in [6, 6.07) is 13.1. The summed E-state index contributed by atoms with van der Waals surface area (Å²) in [6.07, 6.45) is 2.80. The van der Waals surface area contributed by atoms with Crippen LogP contribution in [-0.4, -0.2) is 24.4 Å². The first-order valence-electron chi connectivity index (χ1n) is 7.55. The van der Waals surface area contributed by atoms with E-state index in [0.717, 1.165) is 22.4 Å². The molecule has 2 aromatic rings. The van der Waals surface area contributed by atoms with Crippen molar-refractivity contribution in [2.24, 2.45) is 0 Å². The predicted octanol–water partition coefficient (Wildman–Crippen LogP) is 3.34. The van der Waals surface area contributed by atoms with Gasteiger partial charge in [0.05, 0.1) is 11.3 Å². The van der Waals surface area contributed by atoms with Crippen molar-refractivity contribution in [2.75, 3.05) is 12.8 Å². The first-order valence-corrected chi connectivity index (χ1v) is 8.77. The van der Waals surface area contributed by atoms with Crippen LogP contribution < -0.4 is 5.32 Å². The third-order valence-corrected chi connectivity index (χ3v) is 5.18. The van der Waals surface area contributed by atoms with Crippen molar-refractivity contribution in [3.8, 4) is 0 Å². The maximum atomic E-state index is 13.1. The maximum Gasteiger partial charge on any atom is 0.210 e. The van der Waals surface area contributed by atoms with Gasteiger partial charge in [0, 0.05) is 28.1 Å². The second-order valence-electron chi connectivity index (χ2n) is 5.63. The van der Waals surface area contributed by atoms with Gasteiger partial charge >= 0.3 is 0 Å². The molecule has 1 aliphatic carbocycles. The van der Waals surface area contributed by atoms with Crippen molar-refractivity contribution in [2.45, 2.75) is 11.3 Å². The van der Waals surface area contributed by atoms with Crippen LogP contribution in [0.3, 0.4) is 0 Å². The Kier molecular flexibility index (Phi) is 3.34. The molecule has 2 aliphatic rings. The monoisotopic (exact) mass is 321 g/mol. The van der Waals surface area contributed by atoms with E-state index in [2.05, 4.69) is 5.32 Å². The van der Waals surface area contributed by atoms with Crippen LogP contribution in [0.25, 0.3) is 5.57 Å². The SMILES string of the molecule is CSc1cccc2c1C1=C(NCC2)C(=O)c2ccccc2C1=O. The van der Waals surface area contributed by atoms with E-state index in [1.165, 1.54) is 0 Å². The first-order chi connectivity index (χ1) is 11.2. The molecule has 0 bridgehead atoms. The molecule has 0 amide bonds. The normalized spacial score (nSPS) is 16.2. The Morgan fingerprint density at radius 1 is 0.957 bits per heavy atom. The molecule has 0 radical (unpaired) electrons. The molecule has 0 saturated heterocycles. The van der Waals surface area contributed by atoms with E-state index in [1.54, 1.807) is 36.0 Å². The quantitative estimate of drug-likeness (QED) is 0.818. The zero-order valence-corrected chi connectivity index (χ0v) is 13.5. The van der Waals surface area contributed by atoms with E-state index in [9.17, 15) is 9.59 Å². The molecule has 0 spiro atoms. The van der Waals surface area contributed by atoms with E-state index < -0.39 is 0 Å². The van der Waals surface area contributed by atoms with Gasteiger partial charge in [-0.1, -0.05) is 36.4 Å². The second-order valence-corrected chi connectivity index (χ2v) is 6.47. The number of allylic oxidation sites excluding steroid dienone is 2. The lowest BCUT2D eigenvalue weighted by Gasteiger charge is -2.22. The third kappa shape index (κ3) is 2.05. The fourth-order valence-electron chi connectivity index (χ4n) is 3.34. The van der Waals surface area contributed by atoms with Crippen molar-refractivity contribution in [1.29, 1.82) is 0 Å². The third-order valence-electron chi connectivity index (χ3n) is 4.40. The number of thioether (sulfide) groups is 1. The van der Waals surface area contributed by atoms with Gasteiger partial charge in [0.1, 0.15) is 0 Å². The summed E-state index contributed by atoms with van der Waals surface area (Å²) in [7, 11) is 0. The van der Waals surface area contributed by atoms with Gasteiger partial charge in [-0.15, -0.1) is 11.8 Å². The standard InChI is InChI=1S/C19H15NO2S/c1-23-14-8-4-5-11-9-10-20-17-16(15(11)14)18(21)12-6-2-3-7-13(12)19(17)22/h2-8,20H,9-10H2,1H3. The van der Waals surface area contributed by atoms with Crippen molar-refractivity contribution in [3.63, 3.8) is 0 Å². The summed E-state index contributed by atoms with van der Waals surface area (Å²) in [5, 5.41) is 3.20. The molecule has 3 nitrogen and oxygen atoms in total. The van der Waals surface area contributed by atoms with Crippen molar-refractivity contribution < 1.29 is 9.59 Å². The van der Waals surface area contributed by atoms with Crippen LogP contribution in [0.1, 0.15) is 31.8 Å². The summed E-state index contributed by atoms with van der Waals surface area (Å²) >= 11 is 1.61. The molecule has 0 fully saturated rings. The minimum absolute atomic E-state index is 0.0626. The summed E-state index contributed by atoms with van der Waals surface area (Å²) < 4.78 is 0. The topological polar surface area (TPSA) is 46.2 Å². The van der Waals surface area contributed by atoms with Crippen LogP contribution in [0.5, 0.6) is 0 Å². The van der Waals surface area contributed by atoms with E-state index in [-0.39, 0.29) is 11.6 Å². The smallest absolute Gasteiger partial charge is 0.210 e. The van der Waals surface area contributed by atoms with Crippen LogP contribution in [0.4, 0.5) is 0 Å². The Balaban J connectivity index is 2.04. The number of hydrogen-bond acceptors (Lipinski definition) is 4. The highest BCUT2D eigenvalue weighted by Gasteiger charge is 2.35. The lowest BCUT2D eigenvalue weighted by Crippen LogP contribution is -2.29. The van der Waals surface area contributed by atoms with E-state index >= 15 is 0 Å². The Morgan fingerprint density at radius 2 is 1.70 bits per heavy atom. The number of rotatable bonds is 1. The fourth-order valence-corrected chi connectivity index (χ4v) is 4.00. The van der Waals surface area contributed by atoms with E-state index in [1.807, 2.05) is 24.5 Å². The van der Waals surface area contributed by atoms with Crippen LogP contribution in [-0.2, 0) is 6.42 Å². The van der Waals surface area contributed by atoms with Gasteiger partial charge in [0.15, 0.2) is 5.78 Å². The highest BCUT2D eigenvalue weighted by molar-refractivity contribution is 7.98. The molecule has 0 saturated carbocycles. The first kappa shape index (κ1) is 14.3. The van der Waals surface area contributed by atoms with Crippen LogP contribution in [0.2, 0.25) is 0 Å². The van der Waals surface area contributed by atoms with Crippen molar-refractivity contribution in [1.82, 2.24) is 5.32 Å². The molecular weight excluding hydrogens is 306 g/mol. The number of carbonyl (C=O) groups is 2. The summed E-state index contributed by atoms with van der Waals surface area (Å²) in [5.74, 6) is -0.147. The Bertz CT molecular complexity index is 883. The molecule has 0 unspecified atom stereocenters. The molecule has 114 valence electrons. The van der Waals surface area contributed by atoms with E-state index in [0.29, 0.717) is 28.9 Å². The number of ketones is 2. The number of Topliss-reactive ketones (excluding diaryl/α,β-unsaturated/α-hetero) is 2. The van der Waals surface area contributed by atoms with Gasteiger partial charge in [-0.3, -0.25) is 9.59 Å². The van der Waals surface area contributed by atoms with Gasteiger partial charge in [-0.05, 0) is 24.3 Å². The van der Waals surface area contributed by atoms with Crippen LogP contribution >= 0.6 is 11.8 Å². The van der Waals surface area contributed by atoms with E-state index in [4.69, 9.17) is 0 Å². The van der Waals surface area contributed by atoms with Gasteiger partial charge in [0.25, 0.3) is 0 Å². The Labute approximate surface area is 138 Å². The lowest BCUT2D eigenvalue weighted by molar-refractivity contribution is 0.0986. The van der Waals surface area contributed by atoms with Gasteiger partial charge in [-0.25, -0.2) is 0 Å². The highest BCUT2D eigenvalue weighted by atomic mass is 32.2. The molecule has 23 heavy (non-hydrogen) atoms. The van der Waals surface area contributed by atoms with Gasteiger partial charge < -0.3 is 5.32 Å². The molecule has 2 aromatic carbocycles. The zero-order chi connectivity index (χ0) is 16.0. The zero-order valence-electron chi connectivity index (χ0n) is 12.7. The predicted molar refractivity (Wildman–Crippen MR) is 92.0 cm³/mol.